The summed E-state index contributed by atoms with van der Waals surface area (Å²) >= 11 is 12.9. The molecule has 1 amide bonds. The molecular formula is C18H13Cl2N3O2S. The minimum atomic E-state index is -0.272. The second-order valence-electron chi connectivity index (χ2n) is 5.27. The SMILES string of the molecule is O=C(CSc1nc(-c2ccccc2)cc(=O)[nH]1)Nc1ccc(Cl)c(Cl)c1. The van der Waals surface area contributed by atoms with Gasteiger partial charge in [0.25, 0.3) is 5.56 Å². The van der Waals surface area contributed by atoms with Gasteiger partial charge in [-0.1, -0.05) is 65.3 Å². The van der Waals surface area contributed by atoms with Crippen molar-refractivity contribution in [1.29, 1.82) is 0 Å². The number of nitrogens with zero attached hydrogens (tertiary/aromatic N) is 1. The molecule has 0 atom stereocenters. The van der Waals surface area contributed by atoms with E-state index in [9.17, 15) is 9.59 Å². The van der Waals surface area contributed by atoms with E-state index in [2.05, 4.69) is 15.3 Å². The van der Waals surface area contributed by atoms with Crippen LogP contribution in [0.5, 0.6) is 0 Å². The van der Waals surface area contributed by atoms with E-state index >= 15 is 0 Å². The zero-order chi connectivity index (χ0) is 18.5. The van der Waals surface area contributed by atoms with Crippen molar-refractivity contribution >= 4 is 46.6 Å². The smallest absolute Gasteiger partial charge is 0.252 e. The number of H-pyrrole nitrogens is 1. The van der Waals surface area contributed by atoms with E-state index in [0.717, 1.165) is 17.3 Å². The number of anilines is 1. The molecule has 0 radical (unpaired) electrons. The third kappa shape index (κ3) is 4.88. The number of amides is 1. The number of nitrogens with one attached hydrogen (secondary N) is 2. The summed E-state index contributed by atoms with van der Waals surface area (Å²) in [6.45, 7) is 0. The number of aromatic amines is 1. The maximum atomic E-state index is 12.1. The molecular weight excluding hydrogens is 393 g/mol. The van der Waals surface area contributed by atoms with Crippen LogP contribution in [0.1, 0.15) is 0 Å². The summed E-state index contributed by atoms with van der Waals surface area (Å²) in [4.78, 5) is 31.0. The largest absolute Gasteiger partial charge is 0.325 e. The fourth-order valence-electron chi connectivity index (χ4n) is 2.17. The number of carbonyl (C=O) groups excluding carboxylic acids is 1. The molecule has 0 saturated carbocycles. The molecule has 26 heavy (non-hydrogen) atoms. The quantitative estimate of drug-likeness (QED) is 0.484. The molecule has 0 aliphatic heterocycles. The first-order valence-electron chi connectivity index (χ1n) is 7.56. The molecule has 3 aromatic rings. The predicted octanol–water partition coefficient (Wildman–Crippen LogP) is 4.47. The molecule has 0 unspecified atom stereocenters. The second kappa shape index (κ2) is 8.40. The second-order valence-corrected chi connectivity index (χ2v) is 7.05. The number of carbonyl (C=O) groups is 1. The van der Waals surface area contributed by atoms with Crippen LogP contribution >= 0.6 is 35.0 Å². The summed E-state index contributed by atoms with van der Waals surface area (Å²) in [5.74, 6) is -0.164. The highest BCUT2D eigenvalue weighted by molar-refractivity contribution is 7.99. The summed E-state index contributed by atoms with van der Waals surface area (Å²) in [6, 6.07) is 15.6. The Kier molecular flexibility index (Phi) is 5.98. The molecule has 3 rings (SSSR count). The van der Waals surface area contributed by atoms with E-state index in [1.54, 1.807) is 18.2 Å². The van der Waals surface area contributed by atoms with Crippen molar-refractivity contribution in [3.05, 3.63) is 75.0 Å². The predicted molar refractivity (Wildman–Crippen MR) is 106 cm³/mol. The minimum Gasteiger partial charge on any atom is -0.325 e. The number of halogens is 2. The van der Waals surface area contributed by atoms with Gasteiger partial charge in [0.05, 0.1) is 21.5 Å². The third-order valence-corrected chi connectivity index (χ3v) is 4.95. The van der Waals surface area contributed by atoms with Gasteiger partial charge >= 0.3 is 0 Å². The van der Waals surface area contributed by atoms with Gasteiger partial charge in [-0.25, -0.2) is 4.98 Å². The Morgan fingerprint density at radius 1 is 1.08 bits per heavy atom. The Bertz CT molecular complexity index is 993. The lowest BCUT2D eigenvalue weighted by molar-refractivity contribution is -0.113. The molecule has 2 N–H and O–H groups in total. The van der Waals surface area contributed by atoms with Gasteiger partial charge in [0, 0.05) is 17.3 Å². The van der Waals surface area contributed by atoms with Crippen molar-refractivity contribution in [3.63, 3.8) is 0 Å². The van der Waals surface area contributed by atoms with Gasteiger partial charge in [0.1, 0.15) is 0 Å². The van der Waals surface area contributed by atoms with Crippen LogP contribution in [0, 0.1) is 0 Å². The van der Waals surface area contributed by atoms with Gasteiger partial charge in [-0.15, -0.1) is 0 Å². The average Bonchev–Trinajstić information content (AvgIpc) is 2.63. The summed E-state index contributed by atoms with van der Waals surface area (Å²) in [7, 11) is 0. The van der Waals surface area contributed by atoms with E-state index in [-0.39, 0.29) is 17.2 Å². The van der Waals surface area contributed by atoms with E-state index in [4.69, 9.17) is 23.2 Å². The van der Waals surface area contributed by atoms with Crippen molar-refractivity contribution < 1.29 is 4.79 Å². The topological polar surface area (TPSA) is 74.8 Å². The van der Waals surface area contributed by atoms with Crippen LogP contribution in [0.2, 0.25) is 10.0 Å². The maximum absolute atomic E-state index is 12.1. The van der Waals surface area contributed by atoms with Crippen molar-refractivity contribution in [1.82, 2.24) is 9.97 Å². The summed E-state index contributed by atoms with van der Waals surface area (Å²) in [5, 5.41) is 3.87. The molecule has 2 aromatic carbocycles. The molecule has 0 saturated heterocycles. The standard InChI is InChI=1S/C18H13Cl2N3O2S/c19-13-7-6-12(8-14(13)20)21-17(25)10-26-18-22-15(9-16(24)23-18)11-4-2-1-3-5-11/h1-9H,10H2,(H,21,25)(H,22,23,24). The fourth-order valence-corrected chi connectivity index (χ4v) is 3.14. The van der Waals surface area contributed by atoms with Crippen molar-refractivity contribution in [2.45, 2.75) is 5.16 Å². The Labute approximate surface area is 163 Å². The van der Waals surface area contributed by atoms with E-state index < -0.39 is 0 Å². The molecule has 0 aliphatic carbocycles. The number of hydrogen-bond donors (Lipinski definition) is 2. The van der Waals surface area contributed by atoms with Crippen LogP contribution in [-0.2, 0) is 4.79 Å². The van der Waals surface area contributed by atoms with Crippen LogP contribution in [0.3, 0.4) is 0 Å². The van der Waals surface area contributed by atoms with Crippen molar-refractivity contribution in [3.8, 4) is 11.3 Å². The van der Waals surface area contributed by atoms with Gasteiger partial charge in [-0.3, -0.25) is 9.59 Å². The Morgan fingerprint density at radius 2 is 1.85 bits per heavy atom. The third-order valence-electron chi connectivity index (χ3n) is 3.33. The van der Waals surface area contributed by atoms with Crippen molar-refractivity contribution in [2.24, 2.45) is 0 Å². The zero-order valence-corrected chi connectivity index (χ0v) is 15.7. The van der Waals surface area contributed by atoms with Crippen LogP contribution in [0.25, 0.3) is 11.3 Å². The number of aromatic nitrogens is 2. The minimum absolute atomic E-state index is 0.0848. The molecule has 0 fully saturated rings. The van der Waals surface area contributed by atoms with E-state index in [1.807, 2.05) is 30.3 Å². The first-order chi connectivity index (χ1) is 12.5. The molecule has 8 heteroatoms. The summed E-state index contributed by atoms with van der Waals surface area (Å²) in [5.41, 5.74) is 1.66. The number of rotatable bonds is 5. The highest BCUT2D eigenvalue weighted by Crippen LogP contribution is 2.25. The molecule has 1 aromatic heterocycles. The van der Waals surface area contributed by atoms with Gasteiger partial charge < -0.3 is 10.3 Å². The van der Waals surface area contributed by atoms with Crippen LogP contribution < -0.4 is 10.9 Å². The number of hydrogen-bond acceptors (Lipinski definition) is 4. The molecule has 5 nitrogen and oxygen atoms in total. The van der Waals surface area contributed by atoms with E-state index in [0.29, 0.717) is 26.6 Å². The van der Waals surface area contributed by atoms with Crippen molar-refractivity contribution in [2.75, 3.05) is 11.1 Å². The first-order valence-corrected chi connectivity index (χ1v) is 9.30. The molecule has 0 aliphatic rings. The van der Waals surface area contributed by atoms with Gasteiger partial charge in [0.2, 0.25) is 5.91 Å². The molecule has 0 bridgehead atoms. The van der Waals surface area contributed by atoms with Crippen LogP contribution in [-0.4, -0.2) is 21.6 Å². The number of thioether (sulfide) groups is 1. The average molecular weight is 406 g/mol. The van der Waals surface area contributed by atoms with Gasteiger partial charge in [0.15, 0.2) is 5.16 Å². The summed E-state index contributed by atoms with van der Waals surface area (Å²) < 4.78 is 0. The molecule has 1 heterocycles. The lowest BCUT2D eigenvalue weighted by atomic mass is 10.1. The lowest BCUT2D eigenvalue weighted by Crippen LogP contribution is -2.15. The first kappa shape index (κ1) is 18.5. The summed E-state index contributed by atoms with van der Waals surface area (Å²) in [6.07, 6.45) is 0. The van der Waals surface area contributed by atoms with Gasteiger partial charge in [-0.2, -0.15) is 0 Å². The Hall–Kier alpha value is -2.28. The number of benzene rings is 2. The van der Waals surface area contributed by atoms with Crippen LogP contribution in [0.15, 0.2) is 64.5 Å². The molecule has 132 valence electrons. The van der Waals surface area contributed by atoms with E-state index in [1.165, 1.54) is 6.07 Å². The zero-order valence-electron chi connectivity index (χ0n) is 13.3. The fraction of sp³-hybridized carbons (Fsp3) is 0.0556. The lowest BCUT2D eigenvalue weighted by Gasteiger charge is -2.07. The molecule has 0 spiro atoms. The normalized spacial score (nSPS) is 10.5. The van der Waals surface area contributed by atoms with Gasteiger partial charge in [-0.05, 0) is 18.2 Å². The maximum Gasteiger partial charge on any atom is 0.252 e. The Morgan fingerprint density at radius 3 is 2.58 bits per heavy atom. The van der Waals surface area contributed by atoms with Crippen LogP contribution in [0.4, 0.5) is 5.69 Å². The highest BCUT2D eigenvalue weighted by atomic mass is 35.5. The Balaban J connectivity index is 1.67. The highest BCUT2D eigenvalue weighted by Gasteiger charge is 2.09. The monoisotopic (exact) mass is 405 g/mol.